The molecule has 0 spiro atoms. The predicted molar refractivity (Wildman–Crippen MR) is 146 cm³/mol. The second-order valence-corrected chi connectivity index (χ2v) is 7.83. The smallest absolute Gasteiger partial charge is 0.416 e. The number of alkyl halides is 6. The molecule has 4 rings (SSSR count). The minimum Gasteiger partial charge on any atom is -0.494 e. The van der Waals surface area contributed by atoms with Gasteiger partial charge in [-0.2, -0.15) is 26.3 Å². The van der Waals surface area contributed by atoms with Crippen molar-refractivity contribution in [2.75, 3.05) is 24.3 Å². The number of nitrogens with one attached hydrogen (secondary N) is 2. The number of rotatable bonds is 7. The molecule has 0 fully saturated rings. The summed E-state index contributed by atoms with van der Waals surface area (Å²) in [7, 11) is 1.66. The van der Waals surface area contributed by atoms with Gasteiger partial charge in [-0.25, -0.2) is 0 Å². The summed E-state index contributed by atoms with van der Waals surface area (Å²) in [4.78, 5) is 0. The first-order chi connectivity index (χ1) is 19.0. The van der Waals surface area contributed by atoms with E-state index in [-0.39, 0.29) is 24.0 Å². The molecule has 218 valence electrons. The molecule has 2 aromatic heterocycles. The average Bonchev–Trinajstić information content (AvgIpc) is 3.39. The lowest BCUT2D eigenvalue weighted by molar-refractivity contribution is -0.143. The van der Waals surface area contributed by atoms with Gasteiger partial charge >= 0.3 is 12.4 Å². The third kappa shape index (κ3) is 7.80. The molecule has 0 unspecified atom stereocenters. The quantitative estimate of drug-likeness (QED) is 0.218. The van der Waals surface area contributed by atoms with E-state index >= 15 is 0 Å². The van der Waals surface area contributed by atoms with E-state index in [1.165, 1.54) is 0 Å². The van der Waals surface area contributed by atoms with Crippen molar-refractivity contribution < 1.29 is 31.1 Å². The lowest BCUT2D eigenvalue weighted by atomic mass is 10.0. The van der Waals surface area contributed by atoms with Crippen molar-refractivity contribution in [3.05, 3.63) is 71.5 Å². The van der Waals surface area contributed by atoms with Crippen LogP contribution in [-0.4, -0.2) is 28.4 Å². The number of benzene rings is 2. The molecule has 12 heteroatoms. The number of fused-ring (bicyclic) bond motifs is 1. The van der Waals surface area contributed by atoms with Crippen molar-refractivity contribution >= 4 is 22.4 Å². The third-order valence-electron chi connectivity index (χ3n) is 5.38. The Hall–Kier alpha value is -3.96. The summed E-state index contributed by atoms with van der Waals surface area (Å²) in [5.74, 6) is 1.37. The molecular weight excluding hydrogens is 536 g/mol. The van der Waals surface area contributed by atoms with E-state index in [4.69, 9.17) is 4.74 Å². The van der Waals surface area contributed by atoms with Crippen LogP contribution in [-0.2, 0) is 18.9 Å². The van der Waals surface area contributed by atoms with Crippen LogP contribution >= 0.6 is 0 Å². The minimum atomic E-state index is -4.92. The summed E-state index contributed by atoms with van der Waals surface area (Å²) in [5, 5.41) is 15.1. The number of aromatic nitrogens is 3. The lowest BCUT2D eigenvalue weighted by Crippen LogP contribution is -2.13. The molecule has 0 aliphatic rings. The Morgan fingerprint density at radius 2 is 1.27 bits per heavy atom. The van der Waals surface area contributed by atoms with Crippen molar-refractivity contribution in [2.45, 2.75) is 53.5 Å². The fraction of sp³-hybridized carbons (Fsp3) is 0.357. The molecular formula is C28H33F6N5O. The molecule has 0 saturated carbocycles. The van der Waals surface area contributed by atoms with E-state index < -0.39 is 23.5 Å². The van der Waals surface area contributed by atoms with Crippen LogP contribution in [0.15, 0.2) is 54.9 Å². The Morgan fingerprint density at radius 1 is 0.775 bits per heavy atom. The number of hydrogen-bond acceptors (Lipinski definition) is 5. The van der Waals surface area contributed by atoms with Crippen molar-refractivity contribution in [3.63, 3.8) is 0 Å². The van der Waals surface area contributed by atoms with Gasteiger partial charge in [-0.05, 0) is 55.0 Å². The number of hydrogen-bond donors (Lipinski definition) is 2. The van der Waals surface area contributed by atoms with Gasteiger partial charge in [-0.3, -0.25) is 0 Å². The van der Waals surface area contributed by atoms with Gasteiger partial charge < -0.3 is 19.9 Å². The number of halogens is 6. The van der Waals surface area contributed by atoms with Gasteiger partial charge in [-0.15, -0.1) is 10.2 Å². The monoisotopic (exact) mass is 569 g/mol. The Morgan fingerprint density at radius 3 is 1.75 bits per heavy atom. The van der Waals surface area contributed by atoms with Crippen molar-refractivity contribution in [1.29, 1.82) is 0 Å². The molecule has 2 aromatic carbocycles. The fourth-order valence-corrected chi connectivity index (χ4v) is 3.69. The van der Waals surface area contributed by atoms with Gasteiger partial charge in [0.05, 0.1) is 17.7 Å². The van der Waals surface area contributed by atoms with Crippen LogP contribution in [0.3, 0.4) is 0 Å². The number of ether oxygens (including phenoxy) is 1. The third-order valence-corrected chi connectivity index (χ3v) is 5.38. The Bertz CT molecular complexity index is 1330. The highest BCUT2D eigenvalue weighted by atomic mass is 19.4. The van der Waals surface area contributed by atoms with Crippen molar-refractivity contribution in [1.82, 2.24) is 14.8 Å². The van der Waals surface area contributed by atoms with E-state index in [9.17, 15) is 26.3 Å². The summed E-state index contributed by atoms with van der Waals surface area (Å²) < 4.78 is 86.4. The lowest BCUT2D eigenvalue weighted by Gasteiger charge is -2.15. The van der Waals surface area contributed by atoms with E-state index in [0.29, 0.717) is 41.1 Å². The average molecular weight is 570 g/mol. The molecule has 6 nitrogen and oxygen atoms in total. The van der Waals surface area contributed by atoms with Crippen LogP contribution in [0.2, 0.25) is 0 Å². The summed E-state index contributed by atoms with van der Waals surface area (Å²) in [6, 6.07) is 8.77. The first kappa shape index (κ1) is 32.3. The van der Waals surface area contributed by atoms with Crippen LogP contribution in [0.1, 0.15) is 51.3 Å². The zero-order chi connectivity index (χ0) is 30.1. The topological polar surface area (TPSA) is 64.0 Å². The molecule has 0 aliphatic heterocycles. The zero-order valence-corrected chi connectivity index (χ0v) is 23.1. The summed E-state index contributed by atoms with van der Waals surface area (Å²) >= 11 is 0. The molecule has 2 N–H and O–H groups in total. The van der Waals surface area contributed by atoms with Gasteiger partial charge in [0.25, 0.3) is 0 Å². The molecule has 40 heavy (non-hydrogen) atoms. The molecule has 4 aromatic rings. The van der Waals surface area contributed by atoms with E-state index in [1.807, 2.05) is 63.5 Å². The van der Waals surface area contributed by atoms with Crippen LogP contribution in [0, 0.1) is 0 Å². The number of nitrogens with zero attached hydrogens (tertiary/aromatic N) is 3. The summed E-state index contributed by atoms with van der Waals surface area (Å²) in [6.07, 6.45) is -6.31. The van der Waals surface area contributed by atoms with Gasteiger partial charge in [0, 0.05) is 42.4 Å². The highest BCUT2D eigenvalue weighted by Crippen LogP contribution is 2.37. The van der Waals surface area contributed by atoms with Crippen molar-refractivity contribution in [2.24, 2.45) is 0 Å². The predicted octanol–water partition coefficient (Wildman–Crippen LogP) is 8.56. The second kappa shape index (κ2) is 13.9. The normalized spacial score (nSPS) is 11.2. The zero-order valence-electron chi connectivity index (χ0n) is 23.1. The molecule has 0 radical (unpaired) electrons. The first-order valence-electron chi connectivity index (χ1n) is 12.8. The maximum absolute atomic E-state index is 13.2. The highest BCUT2D eigenvalue weighted by Gasteiger charge is 2.36. The molecule has 0 atom stereocenters. The molecule has 0 bridgehead atoms. The summed E-state index contributed by atoms with van der Waals surface area (Å²) in [6.45, 7) is 10.1. The standard InChI is InChI=1S/C24H21F6N5O.2C2H6/c1-3-36-18-6-4-17(5-7-18)35-12-19-20(13-35)22(34-33-21(19)31-2)32-11-14-8-15(23(25,26)27)10-16(9-14)24(28,29)30;2*1-2/h4-10,12-13H,3,11H2,1-2H3,(H,31,33)(H,32,34);2*1-2H3. The van der Waals surface area contributed by atoms with Gasteiger partial charge in [0.2, 0.25) is 0 Å². The molecule has 0 aliphatic carbocycles. The minimum absolute atomic E-state index is 0.0974. The Balaban J connectivity index is 0.00000134. The van der Waals surface area contributed by atoms with Gasteiger partial charge in [0.1, 0.15) is 5.75 Å². The maximum Gasteiger partial charge on any atom is 0.416 e. The van der Waals surface area contributed by atoms with E-state index in [2.05, 4.69) is 20.8 Å². The van der Waals surface area contributed by atoms with Crippen LogP contribution in [0.4, 0.5) is 38.0 Å². The van der Waals surface area contributed by atoms with Crippen LogP contribution < -0.4 is 15.4 Å². The van der Waals surface area contributed by atoms with Crippen LogP contribution in [0.5, 0.6) is 5.75 Å². The number of anilines is 2. The van der Waals surface area contributed by atoms with E-state index in [0.717, 1.165) is 5.69 Å². The molecule has 2 heterocycles. The fourth-order valence-electron chi connectivity index (χ4n) is 3.69. The van der Waals surface area contributed by atoms with Gasteiger partial charge in [0.15, 0.2) is 11.6 Å². The first-order valence-corrected chi connectivity index (χ1v) is 12.8. The van der Waals surface area contributed by atoms with Crippen LogP contribution in [0.25, 0.3) is 16.5 Å². The largest absolute Gasteiger partial charge is 0.494 e. The SMILES string of the molecule is CC.CC.CCOc1ccc(-n2cc3c(NC)nnc(NCc4cc(C(F)(F)F)cc(C(F)(F)F)c4)c3c2)cc1. The molecule has 0 saturated heterocycles. The Labute approximate surface area is 229 Å². The molecule has 0 amide bonds. The highest BCUT2D eigenvalue weighted by molar-refractivity contribution is 5.98. The van der Waals surface area contributed by atoms with Crippen molar-refractivity contribution in [3.8, 4) is 11.4 Å². The van der Waals surface area contributed by atoms with Gasteiger partial charge in [-0.1, -0.05) is 27.7 Å². The second-order valence-electron chi connectivity index (χ2n) is 7.83. The summed E-state index contributed by atoms with van der Waals surface area (Å²) in [5.41, 5.74) is -2.15. The Kier molecular flexibility index (Phi) is 11.2. The van der Waals surface area contributed by atoms with E-state index in [1.54, 1.807) is 19.4 Å². The maximum atomic E-state index is 13.2.